The Morgan fingerprint density at radius 3 is 1.56 bits per heavy atom. The molecule has 16 heavy (non-hydrogen) atoms. The summed E-state index contributed by atoms with van der Waals surface area (Å²) in [6.07, 6.45) is -0.373. The third kappa shape index (κ3) is 15.3. The Bertz CT molecular complexity index is 326. The van der Waals surface area contributed by atoms with Crippen LogP contribution in [0.25, 0.3) is 0 Å². The molecular formula is C6H13NO8S. The highest BCUT2D eigenvalue weighted by Gasteiger charge is 2.22. The maximum Gasteiger partial charge on any atom is 0.394 e. The first-order valence-corrected chi connectivity index (χ1v) is 5.15. The Morgan fingerprint density at radius 1 is 1.19 bits per heavy atom. The Labute approximate surface area is 91.9 Å². The van der Waals surface area contributed by atoms with E-state index < -0.39 is 28.4 Å². The van der Waals surface area contributed by atoms with Crippen molar-refractivity contribution in [1.29, 1.82) is 0 Å². The molecule has 0 spiro atoms. The van der Waals surface area contributed by atoms with Crippen LogP contribution in [0.2, 0.25) is 0 Å². The average Bonchev–Trinajstić information content (AvgIpc) is 1.95. The Hall–Kier alpha value is -1.23. The van der Waals surface area contributed by atoms with Crippen LogP contribution in [0.4, 0.5) is 0 Å². The highest BCUT2D eigenvalue weighted by atomic mass is 32.3. The quantitative estimate of drug-likeness (QED) is 0.457. The minimum Gasteiger partial charge on any atom is -0.481 e. The standard InChI is InChI=1S/C6H11NO4.H2O4S/c1-7(2)4(6(10)11)3-5(8)9;1-5(2,3)4/h4H,3H2,1-2H3,(H,8,9)(H,10,11);(H2,1,2,3,4). The molecule has 0 aliphatic carbocycles. The van der Waals surface area contributed by atoms with Gasteiger partial charge in [0.2, 0.25) is 0 Å². The zero-order valence-corrected chi connectivity index (χ0v) is 9.38. The second-order valence-electron chi connectivity index (χ2n) is 2.86. The van der Waals surface area contributed by atoms with Gasteiger partial charge in [-0.05, 0) is 14.1 Å². The average molecular weight is 259 g/mol. The number of aliphatic carboxylic acids is 2. The molecule has 0 amide bonds. The molecule has 4 N–H and O–H groups in total. The summed E-state index contributed by atoms with van der Waals surface area (Å²) in [6, 6.07) is -0.938. The maximum atomic E-state index is 10.4. The van der Waals surface area contributed by atoms with Crippen LogP contribution >= 0.6 is 0 Å². The largest absolute Gasteiger partial charge is 0.481 e. The fraction of sp³-hybridized carbons (Fsp3) is 0.667. The van der Waals surface area contributed by atoms with Gasteiger partial charge in [-0.15, -0.1) is 0 Å². The smallest absolute Gasteiger partial charge is 0.394 e. The van der Waals surface area contributed by atoms with Crippen LogP contribution < -0.4 is 0 Å². The number of likely N-dealkylation sites (N-methyl/N-ethyl adjacent to an activating group) is 1. The number of hydrogen-bond acceptors (Lipinski definition) is 5. The molecule has 0 aliphatic rings. The zero-order valence-electron chi connectivity index (χ0n) is 8.56. The number of carboxylic acids is 2. The van der Waals surface area contributed by atoms with Gasteiger partial charge < -0.3 is 10.2 Å². The lowest BCUT2D eigenvalue weighted by atomic mass is 10.2. The predicted molar refractivity (Wildman–Crippen MR) is 51.5 cm³/mol. The van der Waals surface area contributed by atoms with E-state index in [4.69, 9.17) is 27.7 Å². The van der Waals surface area contributed by atoms with Crippen LogP contribution in [-0.4, -0.2) is 64.7 Å². The monoisotopic (exact) mass is 259 g/mol. The van der Waals surface area contributed by atoms with Crippen LogP contribution in [-0.2, 0) is 20.0 Å². The van der Waals surface area contributed by atoms with Crippen LogP contribution in [0, 0.1) is 0 Å². The Morgan fingerprint density at radius 2 is 1.50 bits per heavy atom. The van der Waals surface area contributed by atoms with Crippen molar-refractivity contribution < 1.29 is 37.3 Å². The minimum absolute atomic E-state index is 0.373. The third-order valence-electron chi connectivity index (χ3n) is 1.28. The highest BCUT2D eigenvalue weighted by Crippen LogP contribution is 1.99. The van der Waals surface area contributed by atoms with Gasteiger partial charge in [-0.1, -0.05) is 0 Å². The third-order valence-corrected chi connectivity index (χ3v) is 1.28. The lowest BCUT2D eigenvalue weighted by molar-refractivity contribution is -0.148. The van der Waals surface area contributed by atoms with Crippen LogP contribution in [0.3, 0.4) is 0 Å². The molecule has 0 aromatic heterocycles. The van der Waals surface area contributed by atoms with E-state index in [9.17, 15) is 9.59 Å². The fourth-order valence-corrected chi connectivity index (χ4v) is 0.656. The van der Waals surface area contributed by atoms with Gasteiger partial charge in [-0.25, -0.2) is 0 Å². The van der Waals surface area contributed by atoms with E-state index in [-0.39, 0.29) is 6.42 Å². The molecule has 0 bridgehead atoms. The van der Waals surface area contributed by atoms with Crippen molar-refractivity contribution in [2.45, 2.75) is 12.5 Å². The van der Waals surface area contributed by atoms with Gasteiger partial charge >= 0.3 is 22.3 Å². The van der Waals surface area contributed by atoms with Gasteiger partial charge in [0.25, 0.3) is 0 Å². The number of carbonyl (C=O) groups is 2. The molecule has 1 atom stereocenters. The Balaban J connectivity index is 0. The van der Waals surface area contributed by atoms with Crippen molar-refractivity contribution in [3.8, 4) is 0 Å². The summed E-state index contributed by atoms with van der Waals surface area (Å²) in [7, 11) is -1.61. The first-order valence-electron chi connectivity index (χ1n) is 3.76. The number of nitrogens with zero attached hydrogens (tertiary/aromatic N) is 1. The molecule has 96 valence electrons. The van der Waals surface area contributed by atoms with Gasteiger partial charge in [0.05, 0.1) is 6.42 Å². The number of rotatable bonds is 4. The molecule has 0 radical (unpaired) electrons. The van der Waals surface area contributed by atoms with Crippen LogP contribution in [0.1, 0.15) is 6.42 Å². The molecule has 0 rings (SSSR count). The first-order chi connectivity index (χ1) is 6.95. The van der Waals surface area contributed by atoms with Crippen LogP contribution in [0.15, 0.2) is 0 Å². The second-order valence-corrected chi connectivity index (χ2v) is 3.76. The lowest BCUT2D eigenvalue weighted by Gasteiger charge is -2.17. The summed E-state index contributed by atoms with van der Waals surface area (Å²) in [5, 5.41) is 16.8. The molecule has 0 fully saturated rings. The fourth-order valence-electron chi connectivity index (χ4n) is 0.656. The van der Waals surface area contributed by atoms with Gasteiger partial charge in [0.1, 0.15) is 6.04 Å². The first kappa shape index (κ1) is 17.2. The molecule has 0 heterocycles. The molecule has 1 unspecified atom stereocenters. The van der Waals surface area contributed by atoms with E-state index in [0.29, 0.717) is 0 Å². The molecule has 0 aliphatic heterocycles. The minimum atomic E-state index is -4.67. The summed E-state index contributed by atoms with van der Waals surface area (Å²) < 4.78 is 31.6. The SMILES string of the molecule is CN(C)C(CC(=O)O)C(=O)O.O=S(=O)(O)O. The van der Waals surface area contributed by atoms with E-state index in [2.05, 4.69) is 0 Å². The van der Waals surface area contributed by atoms with E-state index >= 15 is 0 Å². The summed E-state index contributed by atoms with van der Waals surface area (Å²) in [4.78, 5) is 21.9. The summed E-state index contributed by atoms with van der Waals surface area (Å²) in [5.74, 6) is -2.22. The Kier molecular flexibility index (Phi) is 7.63. The van der Waals surface area contributed by atoms with E-state index in [1.165, 1.54) is 19.0 Å². The summed E-state index contributed by atoms with van der Waals surface area (Å²) in [6.45, 7) is 0. The summed E-state index contributed by atoms with van der Waals surface area (Å²) >= 11 is 0. The lowest BCUT2D eigenvalue weighted by Crippen LogP contribution is -2.37. The molecule has 0 aromatic carbocycles. The van der Waals surface area contributed by atoms with Crippen molar-refractivity contribution in [2.75, 3.05) is 14.1 Å². The molecule has 0 saturated carbocycles. The topological polar surface area (TPSA) is 152 Å². The molecule has 10 heteroatoms. The zero-order chi connectivity index (χ0) is 13.5. The van der Waals surface area contributed by atoms with Gasteiger partial charge in [-0.3, -0.25) is 23.6 Å². The second kappa shape index (κ2) is 7.11. The van der Waals surface area contributed by atoms with E-state index in [1.807, 2.05) is 0 Å². The van der Waals surface area contributed by atoms with Gasteiger partial charge in [0.15, 0.2) is 0 Å². The predicted octanol–water partition coefficient (Wildman–Crippen LogP) is -1.18. The van der Waals surface area contributed by atoms with Gasteiger partial charge in [-0.2, -0.15) is 8.42 Å². The van der Waals surface area contributed by atoms with Crippen molar-refractivity contribution in [1.82, 2.24) is 4.90 Å². The van der Waals surface area contributed by atoms with E-state index in [1.54, 1.807) is 0 Å². The van der Waals surface area contributed by atoms with E-state index in [0.717, 1.165) is 0 Å². The molecule has 9 nitrogen and oxygen atoms in total. The van der Waals surface area contributed by atoms with Crippen LogP contribution in [0.5, 0.6) is 0 Å². The number of hydrogen-bond donors (Lipinski definition) is 4. The molecule has 0 saturated heterocycles. The maximum absolute atomic E-state index is 10.4. The normalized spacial score (nSPS) is 12.6. The van der Waals surface area contributed by atoms with Crippen molar-refractivity contribution in [3.05, 3.63) is 0 Å². The van der Waals surface area contributed by atoms with Gasteiger partial charge in [0, 0.05) is 0 Å². The molecular weight excluding hydrogens is 246 g/mol. The van der Waals surface area contributed by atoms with Crippen molar-refractivity contribution in [2.24, 2.45) is 0 Å². The summed E-state index contributed by atoms with van der Waals surface area (Å²) in [5.41, 5.74) is 0. The van der Waals surface area contributed by atoms with Crippen molar-refractivity contribution >= 4 is 22.3 Å². The highest BCUT2D eigenvalue weighted by molar-refractivity contribution is 7.79. The number of carboxylic acid groups (broad SMARTS) is 2. The molecule has 0 aromatic rings. The van der Waals surface area contributed by atoms with Crippen molar-refractivity contribution in [3.63, 3.8) is 0 Å².